The first-order valence-electron chi connectivity index (χ1n) is 6.96. The molecule has 25 heavy (non-hydrogen) atoms. The van der Waals surface area contributed by atoms with Gasteiger partial charge in [0.1, 0.15) is 0 Å². The number of nitro groups is 1. The smallest absolute Gasteiger partial charge is 0.275 e. The molecule has 132 valence electrons. The van der Waals surface area contributed by atoms with Crippen LogP contribution in [0.5, 0.6) is 0 Å². The van der Waals surface area contributed by atoms with Crippen molar-refractivity contribution in [3.8, 4) is 0 Å². The number of amides is 1. The highest BCUT2D eigenvalue weighted by molar-refractivity contribution is 7.92. The Morgan fingerprint density at radius 1 is 1.24 bits per heavy atom. The molecule has 1 amide bonds. The molecule has 0 spiro atoms. The summed E-state index contributed by atoms with van der Waals surface area (Å²) in [7, 11) is -2.78. The van der Waals surface area contributed by atoms with Gasteiger partial charge < -0.3 is 5.32 Å². The number of nitro benzene ring substituents is 1. The van der Waals surface area contributed by atoms with Crippen LogP contribution in [0, 0.1) is 17.0 Å². The van der Waals surface area contributed by atoms with Crippen molar-refractivity contribution in [3.05, 3.63) is 62.7 Å². The molecule has 2 rings (SSSR count). The maximum Gasteiger partial charge on any atom is 0.275 e. The Labute approximate surface area is 149 Å². The van der Waals surface area contributed by atoms with Crippen molar-refractivity contribution in [2.24, 2.45) is 0 Å². The average molecular weight is 384 g/mol. The van der Waals surface area contributed by atoms with Crippen LogP contribution < -0.4 is 10.0 Å². The Bertz CT molecular complexity index is 960. The lowest BCUT2D eigenvalue weighted by atomic mass is 10.2. The lowest BCUT2D eigenvalue weighted by Crippen LogP contribution is -2.21. The molecular weight excluding hydrogens is 370 g/mol. The molecule has 10 heteroatoms. The largest absolute Gasteiger partial charge is 0.355 e. The first-order chi connectivity index (χ1) is 11.7. The molecule has 0 saturated carbocycles. The Balaban J connectivity index is 2.52. The summed E-state index contributed by atoms with van der Waals surface area (Å²) in [6, 6.07) is 8.03. The van der Waals surface area contributed by atoms with E-state index in [9.17, 15) is 23.3 Å². The number of carbonyl (C=O) groups excluding carboxylic acids is 1. The third kappa shape index (κ3) is 3.89. The molecular formula is C15H14ClN3O5S. The number of hydrogen-bond acceptors (Lipinski definition) is 5. The number of halogens is 1. The Morgan fingerprint density at radius 3 is 2.48 bits per heavy atom. The van der Waals surface area contributed by atoms with Crippen molar-refractivity contribution >= 4 is 38.9 Å². The van der Waals surface area contributed by atoms with E-state index in [1.54, 1.807) is 12.1 Å². The summed E-state index contributed by atoms with van der Waals surface area (Å²) >= 11 is 5.92. The van der Waals surface area contributed by atoms with Crippen LogP contribution in [0.3, 0.4) is 0 Å². The van der Waals surface area contributed by atoms with Crippen LogP contribution >= 0.6 is 11.6 Å². The normalized spacial score (nSPS) is 11.0. The SMILES string of the molecule is CNC(=O)c1ccccc1NS(=O)(=O)c1cc(Cl)c(C)c([N+](=O)[O-])c1. The highest BCUT2D eigenvalue weighted by Gasteiger charge is 2.24. The van der Waals surface area contributed by atoms with Crippen LogP contribution in [0.1, 0.15) is 15.9 Å². The van der Waals surface area contributed by atoms with E-state index in [1.807, 2.05) is 0 Å². The van der Waals surface area contributed by atoms with Crippen molar-refractivity contribution in [1.29, 1.82) is 0 Å². The zero-order valence-corrected chi connectivity index (χ0v) is 14.8. The fourth-order valence-corrected chi connectivity index (χ4v) is 3.50. The zero-order valence-electron chi connectivity index (χ0n) is 13.2. The molecule has 2 aromatic carbocycles. The van der Waals surface area contributed by atoms with Gasteiger partial charge in [-0.15, -0.1) is 0 Å². The molecule has 0 radical (unpaired) electrons. The van der Waals surface area contributed by atoms with Gasteiger partial charge in [-0.1, -0.05) is 23.7 Å². The van der Waals surface area contributed by atoms with Crippen LogP contribution in [0.4, 0.5) is 11.4 Å². The number of nitrogens with zero attached hydrogens (tertiary/aromatic N) is 1. The first-order valence-corrected chi connectivity index (χ1v) is 8.82. The highest BCUT2D eigenvalue weighted by Crippen LogP contribution is 2.30. The van der Waals surface area contributed by atoms with E-state index in [0.29, 0.717) is 0 Å². The van der Waals surface area contributed by atoms with Crippen molar-refractivity contribution in [3.63, 3.8) is 0 Å². The second-order valence-electron chi connectivity index (χ2n) is 5.04. The molecule has 0 saturated heterocycles. The maximum absolute atomic E-state index is 12.6. The van der Waals surface area contributed by atoms with Gasteiger partial charge in [0.2, 0.25) is 0 Å². The predicted molar refractivity (Wildman–Crippen MR) is 93.5 cm³/mol. The Morgan fingerprint density at radius 2 is 1.88 bits per heavy atom. The minimum absolute atomic E-state index is 0.0428. The van der Waals surface area contributed by atoms with Crippen molar-refractivity contribution in [2.45, 2.75) is 11.8 Å². The van der Waals surface area contributed by atoms with E-state index in [2.05, 4.69) is 10.0 Å². The fraction of sp³-hybridized carbons (Fsp3) is 0.133. The second kappa shape index (κ2) is 7.08. The third-order valence-electron chi connectivity index (χ3n) is 3.44. The zero-order chi connectivity index (χ0) is 18.8. The number of carbonyl (C=O) groups is 1. The van der Waals surface area contributed by atoms with Gasteiger partial charge in [-0.25, -0.2) is 8.42 Å². The van der Waals surface area contributed by atoms with Gasteiger partial charge in [-0.3, -0.25) is 19.6 Å². The number of rotatable bonds is 5. The summed E-state index contributed by atoms with van der Waals surface area (Å²) < 4.78 is 27.4. The number of para-hydroxylation sites is 1. The third-order valence-corrected chi connectivity index (χ3v) is 5.18. The van der Waals surface area contributed by atoms with E-state index >= 15 is 0 Å². The number of anilines is 1. The van der Waals surface area contributed by atoms with Crippen molar-refractivity contribution in [2.75, 3.05) is 11.8 Å². The molecule has 2 aromatic rings. The summed E-state index contributed by atoms with van der Waals surface area (Å²) in [6.45, 7) is 1.42. The van der Waals surface area contributed by atoms with Gasteiger partial charge in [0.15, 0.2) is 0 Å². The maximum atomic E-state index is 12.6. The molecule has 2 N–H and O–H groups in total. The lowest BCUT2D eigenvalue weighted by Gasteiger charge is -2.12. The second-order valence-corrected chi connectivity index (χ2v) is 7.13. The molecule has 8 nitrogen and oxygen atoms in total. The molecule has 0 bridgehead atoms. The Hall–Kier alpha value is -2.65. The highest BCUT2D eigenvalue weighted by atomic mass is 35.5. The molecule has 0 aliphatic rings. The number of hydrogen-bond donors (Lipinski definition) is 2. The standard InChI is InChI=1S/C15H14ClN3O5S/c1-9-12(16)7-10(8-14(9)19(21)22)25(23,24)18-13-6-4-3-5-11(13)15(20)17-2/h3-8,18H,1-2H3,(H,17,20). The number of benzene rings is 2. The van der Waals surface area contributed by atoms with Gasteiger partial charge in [0.25, 0.3) is 21.6 Å². The minimum atomic E-state index is -4.19. The first kappa shape index (κ1) is 18.7. The van der Waals surface area contributed by atoms with Crippen LogP contribution in [0.15, 0.2) is 41.3 Å². The molecule has 0 heterocycles. The van der Waals surface area contributed by atoms with Crippen LogP contribution in [0.2, 0.25) is 5.02 Å². The summed E-state index contributed by atoms with van der Waals surface area (Å²) in [5, 5.41) is 13.4. The summed E-state index contributed by atoms with van der Waals surface area (Å²) in [6.07, 6.45) is 0. The molecule has 0 aliphatic heterocycles. The van der Waals surface area contributed by atoms with Crippen LogP contribution in [-0.2, 0) is 10.0 Å². The molecule has 0 atom stereocenters. The quantitative estimate of drug-likeness (QED) is 0.607. The van der Waals surface area contributed by atoms with Gasteiger partial charge in [-0.2, -0.15) is 0 Å². The molecule has 0 aliphatic carbocycles. The number of nitrogens with one attached hydrogen (secondary N) is 2. The van der Waals surface area contributed by atoms with Gasteiger partial charge in [0, 0.05) is 18.7 Å². The fourth-order valence-electron chi connectivity index (χ4n) is 2.09. The minimum Gasteiger partial charge on any atom is -0.355 e. The monoisotopic (exact) mass is 383 g/mol. The summed E-state index contributed by atoms with van der Waals surface area (Å²) in [5.74, 6) is -0.480. The Kier molecular flexibility index (Phi) is 5.29. The summed E-state index contributed by atoms with van der Waals surface area (Å²) in [4.78, 5) is 21.8. The lowest BCUT2D eigenvalue weighted by molar-refractivity contribution is -0.385. The molecule has 0 fully saturated rings. The average Bonchev–Trinajstić information content (AvgIpc) is 2.56. The van der Waals surface area contributed by atoms with Gasteiger partial charge >= 0.3 is 0 Å². The van der Waals surface area contributed by atoms with E-state index in [0.717, 1.165) is 12.1 Å². The van der Waals surface area contributed by atoms with Crippen LogP contribution in [-0.4, -0.2) is 26.3 Å². The molecule has 0 unspecified atom stereocenters. The van der Waals surface area contributed by atoms with Crippen LogP contribution in [0.25, 0.3) is 0 Å². The van der Waals surface area contributed by atoms with E-state index < -0.39 is 26.5 Å². The van der Waals surface area contributed by atoms with Gasteiger partial charge in [0.05, 0.1) is 26.1 Å². The van der Waals surface area contributed by atoms with E-state index in [1.165, 1.54) is 26.1 Å². The number of sulfonamides is 1. The van der Waals surface area contributed by atoms with Crippen molar-refractivity contribution < 1.29 is 18.1 Å². The van der Waals surface area contributed by atoms with Gasteiger partial charge in [-0.05, 0) is 25.1 Å². The van der Waals surface area contributed by atoms with Crippen molar-refractivity contribution in [1.82, 2.24) is 5.32 Å². The molecule has 0 aromatic heterocycles. The van der Waals surface area contributed by atoms with E-state index in [4.69, 9.17) is 11.6 Å². The summed E-state index contributed by atoms with van der Waals surface area (Å²) in [5.41, 5.74) is -0.0914. The van der Waals surface area contributed by atoms with E-state index in [-0.39, 0.29) is 26.7 Å². The topological polar surface area (TPSA) is 118 Å². The predicted octanol–water partition coefficient (Wildman–Crippen LogP) is 2.72.